The first-order chi connectivity index (χ1) is 9.85. The maximum atomic E-state index is 12.4. The second-order valence-electron chi connectivity index (χ2n) is 4.04. The molecule has 0 aliphatic heterocycles. The Hall–Kier alpha value is -1.64. The molecule has 2 aromatic rings. The van der Waals surface area contributed by atoms with E-state index in [1.165, 1.54) is 25.4 Å². The summed E-state index contributed by atoms with van der Waals surface area (Å²) in [7, 11) is -2.72. The van der Waals surface area contributed by atoms with Crippen molar-refractivity contribution in [2.75, 3.05) is 11.8 Å². The first kappa shape index (κ1) is 15.7. The molecule has 6 nitrogen and oxygen atoms in total. The van der Waals surface area contributed by atoms with Crippen LogP contribution < -0.4 is 4.72 Å². The summed E-state index contributed by atoms with van der Waals surface area (Å²) in [5.74, 6) is -0.692. The van der Waals surface area contributed by atoms with Crippen LogP contribution in [0.15, 0.2) is 28.6 Å². The van der Waals surface area contributed by atoms with Gasteiger partial charge in [0, 0.05) is 0 Å². The molecule has 1 N–H and O–H groups in total. The number of anilines is 1. The third kappa shape index (κ3) is 3.34. The minimum atomic E-state index is -3.92. The topological polar surface area (TPSA) is 85.4 Å². The molecule has 0 saturated heterocycles. The van der Waals surface area contributed by atoms with Gasteiger partial charge in [0.25, 0.3) is 10.0 Å². The first-order valence-corrected chi connectivity index (χ1v) is 8.40. The highest BCUT2D eigenvalue weighted by Crippen LogP contribution is 2.29. The summed E-state index contributed by atoms with van der Waals surface area (Å²) >= 11 is 6.66. The number of halogens is 1. The highest BCUT2D eigenvalue weighted by atomic mass is 35.5. The molecular formula is C12H11ClN2O4S2. The molecule has 0 aliphatic rings. The van der Waals surface area contributed by atoms with E-state index < -0.39 is 16.0 Å². The first-order valence-electron chi connectivity index (χ1n) is 5.66. The lowest BCUT2D eigenvalue weighted by Gasteiger charge is -2.09. The Morgan fingerprint density at radius 3 is 2.71 bits per heavy atom. The Balaban J connectivity index is 2.42. The van der Waals surface area contributed by atoms with Gasteiger partial charge in [-0.3, -0.25) is 4.72 Å². The van der Waals surface area contributed by atoms with Crippen molar-refractivity contribution in [3.63, 3.8) is 0 Å². The third-order valence-electron chi connectivity index (χ3n) is 2.54. The summed E-state index contributed by atoms with van der Waals surface area (Å²) in [5.41, 5.74) is 0.718. The lowest BCUT2D eigenvalue weighted by Crippen LogP contribution is -2.17. The van der Waals surface area contributed by atoms with Crippen molar-refractivity contribution in [2.24, 2.45) is 0 Å². The predicted octanol–water partition coefficient (Wildman–Crippen LogP) is 2.69. The fourth-order valence-electron chi connectivity index (χ4n) is 1.64. The van der Waals surface area contributed by atoms with Gasteiger partial charge in [-0.2, -0.15) is 0 Å². The van der Waals surface area contributed by atoms with Crippen molar-refractivity contribution < 1.29 is 17.9 Å². The number of pyridine rings is 1. The molecule has 2 heterocycles. The number of hydrogen-bond donors (Lipinski definition) is 1. The van der Waals surface area contributed by atoms with Crippen LogP contribution in [0.4, 0.5) is 5.69 Å². The molecule has 0 fully saturated rings. The molecule has 2 aromatic heterocycles. The number of sulfonamides is 1. The number of rotatable bonds is 4. The second-order valence-corrected chi connectivity index (χ2v) is 6.93. The maximum absolute atomic E-state index is 12.4. The molecule has 0 spiro atoms. The number of aromatic nitrogens is 1. The van der Waals surface area contributed by atoms with Crippen molar-refractivity contribution >= 4 is 44.6 Å². The van der Waals surface area contributed by atoms with Gasteiger partial charge < -0.3 is 4.74 Å². The SMILES string of the molecule is COC(=O)c1scc(C)c1S(=O)(=O)Nc1ccc(Cl)nc1. The number of carbonyl (C=O) groups excluding carboxylic acids is 1. The van der Waals surface area contributed by atoms with E-state index in [2.05, 4.69) is 14.4 Å². The fourth-order valence-corrected chi connectivity index (χ4v) is 4.51. The number of aryl methyl sites for hydroxylation is 1. The minimum Gasteiger partial charge on any atom is -0.465 e. The van der Waals surface area contributed by atoms with Crippen molar-refractivity contribution in [3.05, 3.63) is 39.3 Å². The van der Waals surface area contributed by atoms with Gasteiger partial charge in [-0.15, -0.1) is 11.3 Å². The molecule has 0 saturated carbocycles. The zero-order chi connectivity index (χ0) is 15.6. The summed E-state index contributed by atoms with van der Waals surface area (Å²) in [5, 5.41) is 1.83. The monoisotopic (exact) mass is 346 g/mol. The summed E-state index contributed by atoms with van der Waals surface area (Å²) < 4.78 is 31.8. The number of thiophene rings is 1. The number of methoxy groups -OCH3 is 1. The van der Waals surface area contributed by atoms with E-state index in [0.29, 0.717) is 5.56 Å². The molecular weight excluding hydrogens is 336 g/mol. The molecule has 0 bridgehead atoms. The lowest BCUT2D eigenvalue weighted by molar-refractivity contribution is 0.0602. The standard InChI is InChI=1S/C12H11ClN2O4S2/c1-7-6-20-10(12(16)19-2)11(7)21(17,18)15-8-3-4-9(13)14-5-8/h3-6,15H,1-2H3. The van der Waals surface area contributed by atoms with E-state index in [-0.39, 0.29) is 20.6 Å². The van der Waals surface area contributed by atoms with Gasteiger partial charge in [0.05, 0.1) is 19.0 Å². The molecule has 21 heavy (non-hydrogen) atoms. The summed E-state index contributed by atoms with van der Waals surface area (Å²) in [6.07, 6.45) is 1.29. The number of ether oxygens (including phenoxy) is 1. The number of esters is 1. The van der Waals surface area contributed by atoms with Gasteiger partial charge in [0.1, 0.15) is 14.9 Å². The van der Waals surface area contributed by atoms with Crippen LogP contribution in [0.25, 0.3) is 0 Å². The summed E-state index contributed by atoms with van der Waals surface area (Å²) in [6.45, 7) is 1.61. The van der Waals surface area contributed by atoms with Crippen LogP contribution in [0.5, 0.6) is 0 Å². The van der Waals surface area contributed by atoms with Crippen molar-refractivity contribution in [3.8, 4) is 0 Å². The molecule has 0 unspecified atom stereocenters. The largest absolute Gasteiger partial charge is 0.465 e. The highest BCUT2D eigenvalue weighted by molar-refractivity contribution is 7.93. The van der Waals surface area contributed by atoms with Crippen molar-refractivity contribution in [1.82, 2.24) is 4.98 Å². The average molecular weight is 347 g/mol. The molecule has 0 atom stereocenters. The summed E-state index contributed by atoms with van der Waals surface area (Å²) in [6, 6.07) is 2.94. The van der Waals surface area contributed by atoms with E-state index >= 15 is 0 Å². The number of hydrogen-bond acceptors (Lipinski definition) is 6. The van der Waals surface area contributed by atoms with Crippen molar-refractivity contribution in [1.29, 1.82) is 0 Å². The van der Waals surface area contributed by atoms with E-state index in [1.54, 1.807) is 12.3 Å². The van der Waals surface area contributed by atoms with Gasteiger partial charge in [-0.05, 0) is 30.0 Å². The van der Waals surface area contributed by atoms with Crippen LogP contribution in [-0.2, 0) is 14.8 Å². The number of carbonyl (C=O) groups is 1. The Morgan fingerprint density at radius 1 is 1.43 bits per heavy atom. The van der Waals surface area contributed by atoms with Crippen LogP contribution in [0.1, 0.15) is 15.2 Å². The van der Waals surface area contributed by atoms with Gasteiger partial charge in [-0.25, -0.2) is 18.2 Å². The Morgan fingerprint density at radius 2 is 2.14 bits per heavy atom. The summed E-state index contributed by atoms with van der Waals surface area (Å²) in [4.78, 5) is 15.4. The van der Waals surface area contributed by atoms with Crippen LogP contribution in [-0.4, -0.2) is 26.5 Å². The Kier molecular flexibility index (Phi) is 4.50. The van der Waals surface area contributed by atoms with Gasteiger partial charge in [-0.1, -0.05) is 11.6 Å². The van der Waals surface area contributed by atoms with Crippen LogP contribution in [0, 0.1) is 6.92 Å². The lowest BCUT2D eigenvalue weighted by atomic mass is 10.3. The van der Waals surface area contributed by atoms with Crippen LogP contribution in [0.3, 0.4) is 0 Å². The van der Waals surface area contributed by atoms with E-state index in [4.69, 9.17) is 11.6 Å². The van der Waals surface area contributed by atoms with Crippen LogP contribution in [0.2, 0.25) is 5.15 Å². The third-order valence-corrected chi connectivity index (χ3v) is 5.54. The molecule has 9 heteroatoms. The highest BCUT2D eigenvalue weighted by Gasteiger charge is 2.27. The van der Waals surface area contributed by atoms with Crippen molar-refractivity contribution in [2.45, 2.75) is 11.8 Å². The molecule has 0 amide bonds. The Labute approximate surface area is 130 Å². The van der Waals surface area contributed by atoms with Gasteiger partial charge in [0.15, 0.2) is 0 Å². The zero-order valence-corrected chi connectivity index (χ0v) is 13.5. The minimum absolute atomic E-state index is 0.0319. The zero-order valence-electron chi connectivity index (χ0n) is 11.1. The van der Waals surface area contributed by atoms with E-state index in [0.717, 1.165) is 11.3 Å². The van der Waals surface area contributed by atoms with Gasteiger partial charge in [0.2, 0.25) is 0 Å². The van der Waals surface area contributed by atoms with Gasteiger partial charge >= 0.3 is 5.97 Å². The average Bonchev–Trinajstić information content (AvgIpc) is 2.83. The molecule has 112 valence electrons. The number of nitrogens with one attached hydrogen (secondary N) is 1. The molecule has 2 rings (SSSR count). The van der Waals surface area contributed by atoms with E-state index in [9.17, 15) is 13.2 Å². The fraction of sp³-hybridized carbons (Fsp3) is 0.167. The van der Waals surface area contributed by atoms with Crippen LogP contribution >= 0.6 is 22.9 Å². The maximum Gasteiger partial charge on any atom is 0.349 e. The van der Waals surface area contributed by atoms with E-state index in [1.807, 2.05) is 0 Å². The Bertz CT molecular complexity index is 769. The molecule has 0 aliphatic carbocycles. The number of nitrogens with zero attached hydrogens (tertiary/aromatic N) is 1. The predicted molar refractivity (Wildman–Crippen MR) is 80.5 cm³/mol. The smallest absolute Gasteiger partial charge is 0.349 e. The molecule has 0 aromatic carbocycles. The molecule has 0 radical (unpaired) electrons. The second kappa shape index (κ2) is 6.00. The quantitative estimate of drug-likeness (QED) is 0.679. The normalized spacial score (nSPS) is 11.2.